The van der Waals surface area contributed by atoms with Gasteiger partial charge in [0.1, 0.15) is 11.6 Å². The molecule has 2 aromatic rings. The van der Waals surface area contributed by atoms with E-state index in [4.69, 9.17) is 4.99 Å². The number of anilines is 1. The number of aromatic nitrogens is 2. The van der Waals surface area contributed by atoms with E-state index < -0.39 is 5.82 Å². The lowest BCUT2D eigenvalue weighted by molar-refractivity contribution is 0.370. The van der Waals surface area contributed by atoms with Gasteiger partial charge in [-0.3, -0.25) is 9.67 Å². The lowest BCUT2D eigenvalue weighted by atomic mass is 10.2. The highest BCUT2D eigenvalue weighted by Gasteiger charge is 2.22. The van der Waals surface area contributed by atoms with Crippen LogP contribution >= 0.6 is 24.0 Å². The van der Waals surface area contributed by atoms with E-state index in [-0.39, 0.29) is 29.8 Å². The molecule has 3 rings (SSSR count). The van der Waals surface area contributed by atoms with Crippen molar-refractivity contribution in [1.29, 1.82) is 0 Å². The van der Waals surface area contributed by atoms with Gasteiger partial charge in [-0.25, -0.2) is 8.78 Å². The fourth-order valence-electron chi connectivity index (χ4n) is 3.38. The van der Waals surface area contributed by atoms with Crippen molar-refractivity contribution in [3.63, 3.8) is 0 Å². The van der Waals surface area contributed by atoms with Gasteiger partial charge in [-0.05, 0) is 37.5 Å². The van der Waals surface area contributed by atoms with Crippen molar-refractivity contribution >= 4 is 35.6 Å². The summed E-state index contributed by atoms with van der Waals surface area (Å²) in [5.41, 5.74) is 1.55. The Morgan fingerprint density at radius 1 is 1.21 bits per heavy atom. The summed E-state index contributed by atoms with van der Waals surface area (Å²) in [5, 5.41) is 7.52. The van der Waals surface area contributed by atoms with Gasteiger partial charge in [0.15, 0.2) is 5.96 Å². The Balaban J connectivity index is 0.00000300. The van der Waals surface area contributed by atoms with Gasteiger partial charge in [0.2, 0.25) is 0 Å². The molecule has 1 aliphatic rings. The molecular formula is C20H29F2IN6. The average molecular weight is 518 g/mol. The molecule has 1 aliphatic heterocycles. The fourth-order valence-corrected chi connectivity index (χ4v) is 3.38. The third-order valence-electron chi connectivity index (χ3n) is 4.81. The largest absolute Gasteiger partial charge is 0.366 e. The molecule has 0 atom stereocenters. The molecule has 0 unspecified atom stereocenters. The number of halogens is 3. The highest BCUT2D eigenvalue weighted by atomic mass is 127. The minimum Gasteiger partial charge on any atom is -0.366 e. The summed E-state index contributed by atoms with van der Waals surface area (Å²) < 4.78 is 29.3. The van der Waals surface area contributed by atoms with Crippen LogP contribution in [0.25, 0.3) is 0 Å². The first-order valence-electron chi connectivity index (χ1n) is 9.77. The zero-order chi connectivity index (χ0) is 19.9. The predicted molar refractivity (Wildman–Crippen MR) is 123 cm³/mol. The summed E-state index contributed by atoms with van der Waals surface area (Å²) in [7, 11) is 1.92. The Labute approximate surface area is 188 Å². The van der Waals surface area contributed by atoms with E-state index in [1.807, 2.05) is 35.9 Å². The molecule has 1 aromatic heterocycles. The van der Waals surface area contributed by atoms with Gasteiger partial charge < -0.3 is 15.1 Å². The topological polar surface area (TPSA) is 48.7 Å². The highest BCUT2D eigenvalue weighted by Crippen LogP contribution is 2.22. The number of hydrogen-bond acceptors (Lipinski definition) is 3. The first kappa shape index (κ1) is 23.4. The summed E-state index contributed by atoms with van der Waals surface area (Å²) in [6.45, 7) is 6.25. The molecule has 9 heteroatoms. The van der Waals surface area contributed by atoms with Crippen LogP contribution in [0.5, 0.6) is 0 Å². The maximum atomic E-state index is 14.0. The van der Waals surface area contributed by atoms with Crippen LogP contribution in [0.4, 0.5) is 14.5 Å². The number of aryl methyl sites for hydroxylation is 2. The molecule has 0 spiro atoms. The lowest BCUT2D eigenvalue weighted by Crippen LogP contribution is -2.52. The Bertz CT molecular complexity index is 802. The van der Waals surface area contributed by atoms with E-state index >= 15 is 0 Å². The van der Waals surface area contributed by atoms with E-state index in [9.17, 15) is 8.78 Å². The molecule has 160 valence electrons. The fraction of sp³-hybridized carbons (Fsp3) is 0.500. The van der Waals surface area contributed by atoms with E-state index in [0.717, 1.165) is 38.0 Å². The number of benzene rings is 1. The summed E-state index contributed by atoms with van der Waals surface area (Å²) in [6, 6.07) is 3.60. The number of rotatable bonds is 6. The zero-order valence-corrected chi connectivity index (χ0v) is 19.3. The smallest absolute Gasteiger partial charge is 0.194 e. The number of aliphatic imine (C=N–C) groups is 1. The van der Waals surface area contributed by atoms with Gasteiger partial charge in [0.05, 0.1) is 11.9 Å². The molecule has 1 saturated heterocycles. The van der Waals surface area contributed by atoms with Crippen LogP contribution in [0, 0.1) is 11.6 Å². The number of guanidine groups is 1. The Kier molecular flexibility index (Phi) is 9.12. The normalized spacial score (nSPS) is 14.7. The van der Waals surface area contributed by atoms with Crippen molar-refractivity contribution in [3.05, 3.63) is 47.8 Å². The second kappa shape index (κ2) is 11.3. The monoisotopic (exact) mass is 518 g/mol. The average Bonchev–Trinajstić information content (AvgIpc) is 3.11. The molecule has 0 saturated carbocycles. The van der Waals surface area contributed by atoms with Crippen LogP contribution < -0.4 is 10.2 Å². The van der Waals surface area contributed by atoms with E-state index in [1.165, 1.54) is 17.7 Å². The van der Waals surface area contributed by atoms with Crippen molar-refractivity contribution in [1.82, 2.24) is 20.0 Å². The van der Waals surface area contributed by atoms with Gasteiger partial charge in [0.25, 0.3) is 0 Å². The molecule has 0 radical (unpaired) electrons. The van der Waals surface area contributed by atoms with Crippen LogP contribution in [0.15, 0.2) is 35.6 Å². The van der Waals surface area contributed by atoms with Gasteiger partial charge in [0, 0.05) is 58.6 Å². The second-order valence-corrected chi connectivity index (χ2v) is 6.93. The standard InChI is InChI=1S/C20H28F2N6.HI/c1-3-23-20(24-8-4-5-16-14-25-26(2)15-16)28-11-9-27(10-12-28)19-13-17(21)6-7-18(19)22;/h6-7,13-15H,3-5,8-12H2,1-2H3,(H,23,24);1H. The van der Waals surface area contributed by atoms with Crippen LogP contribution in [0.1, 0.15) is 18.9 Å². The molecule has 0 amide bonds. The molecule has 1 aromatic carbocycles. The molecule has 1 N–H and O–H groups in total. The summed E-state index contributed by atoms with van der Waals surface area (Å²) in [4.78, 5) is 8.81. The first-order chi connectivity index (χ1) is 13.6. The Morgan fingerprint density at radius 2 is 1.97 bits per heavy atom. The van der Waals surface area contributed by atoms with Crippen molar-refractivity contribution in [2.24, 2.45) is 12.0 Å². The van der Waals surface area contributed by atoms with E-state index in [1.54, 1.807) is 0 Å². The molecule has 1 fully saturated rings. The maximum absolute atomic E-state index is 14.0. The van der Waals surface area contributed by atoms with Gasteiger partial charge >= 0.3 is 0 Å². The molecule has 0 bridgehead atoms. The van der Waals surface area contributed by atoms with Crippen molar-refractivity contribution in [2.45, 2.75) is 19.8 Å². The molecule has 2 heterocycles. The number of piperazine rings is 1. The van der Waals surface area contributed by atoms with Crippen LogP contribution in [-0.4, -0.2) is 59.9 Å². The predicted octanol–water partition coefficient (Wildman–Crippen LogP) is 3.04. The van der Waals surface area contributed by atoms with Crippen molar-refractivity contribution in [3.8, 4) is 0 Å². The third-order valence-corrected chi connectivity index (χ3v) is 4.81. The maximum Gasteiger partial charge on any atom is 0.194 e. The first-order valence-corrected chi connectivity index (χ1v) is 9.77. The van der Waals surface area contributed by atoms with Crippen LogP contribution in [-0.2, 0) is 13.5 Å². The lowest BCUT2D eigenvalue weighted by Gasteiger charge is -2.37. The molecule has 29 heavy (non-hydrogen) atoms. The minimum atomic E-state index is -0.414. The number of hydrogen-bond donors (Lipinski definition) is 1. The molecular weight excluding hydrogens is 489 g/mol. The number of nitrogens with one attached hydrogen (secondary N) is 1. The molecule has 0 aliphatic carbocycles. The quantitative estimate of drug-likeness (QED) is 0.277. The third kappa shape index (κ3) is 6.55. The van der Waals surface area contributed by atoms with E-state index in [2.05, 4.69) is 15.3 Å². The number of nitrogens with zero attached hydrogens (tertiary/aromatic N) is 5. The highest BCUT2D eigenvalue weighted by molar-refractivity contribution is 14.0. The van der Waals surface area contributed by atoms with Crippen LogP contribution in [0.2, 0.25) is 0 Å². The summed E-state index contributed by atoms with van der Waals surface area (Å²) >= 11 is 0. The van der Waals surface area contributed by atoms with Gasteiger partial charge in [-0.1, -0.05) is 0 Å². The summed E-state index contributed by atoms with van der Waals surface area (Å²) in [6.07, 6.45) is 5.82. The van der Waals surface area contributed by atoms with Gasteiger partial charge in [-0.2, -0.15) is 5.10 Å². The van der Waals surface area contributed by atoms with Crippen molar-refractivity contribution < 1.29 is 8.78 Å². The SMILES string of the molecule is CCNC(=NCCCc1cnn(C)c1)N1CCN(c2cc(F)ccc2F)CC1.I. The Morgan fingerprint density at radius 3 is 2.62 bits per heavy atom. The minimum absolute atomic E-state index is 0. The van der Waals surface area contributed by atoms with Gasteiger partial charge in [-0.15, -0.1) is 24.0 Å². The zero-order valence-electron chi connectivity index (χ0n) is 16.9. The molecule has 6 nitrogen and oxygen atoms in total. The van der Waals surface area contributed by atoms with Crippen LogP contribution in [0.3, 0.4) is 0 Å². The Hall–Kier alpha value is -1.91. The summed E-state index contributed by atoms with van der Waals surface area (Å²) in [5.74, 6) is 0.0845. The van der Waals surface area contributed by atoms with Crippen molar-refractivity contribution in [2.75, 3.05) is 44.2 Å². The van der Waals surface area contributed by atoms with E-state index in [0.29, 0.717) is 31.9 Å². The second-order valence-electron chi connectivity index (χ2n) is 6.93.